The number of amides is 1. The summed E-state index contributed by atoms with van der Waals surface area (Å²) in [5, 5.41) is 3.27. The maximum absolute atomic E-state index is 12.9. The molecule has 0 fully saturated rings. The largest absolute Gasteiger partial charge is 0.464 e. The van der Waals surface area contributed by atoms with Crippen molar-refractivity contribution in [2.24, 2.45) is 5.92 Å². The second-order valence-corrected chi connectivity index (χ2v) is 12.1. The summed E-state index contributed by atoms with van der Waals surface area (Å²) < 4.78 is 54.1. The lowest BCUT2D eigenvalue weighted by Gasteiger charge is -2.24. The third-order valence-electron chi connectivity index (χ3n) is 6.90. The number of hydrogen-bond acceptors (Lipinski definition) is 6. The average molecular weight is 795 g/mol. The van der Waals surface area contributed by atoms with E-state index in [-0.39, 0.29) is 36.9 Å². The highest BCUT2D eigenvalue weighted by atomic mass is 31.0. The molecular formula is C41H75F3N2O5P2. The third-order valence-corrected chi connectivity index (χ3v) is 7.78. The van der Waals surface area contributed by atoms with E-state index in [0.717, 1.165) is 55.1 Å². The molecule has 1 aliphatic heterocycles. The quantitative estimate of drug-likeness (QED) is 0.0690. The molecule has 2 rings (SSSR count). The van der Waals surface area contributed by atoms with Crippen molar-refractivity contribution in [1.29, 1.82) is 0 Å². The van der Waals surface area contributed by atoms with Crippen LogP contribution in [0.15, 0.2) is 60.6 Å². The molecule has 1 aliphatic rings. The van der Waals surface area contributed by atoms with Crippen LogP contribution in [-0.2, 0) is 36.4 Å². The van der Waals surface area contributed by atoms with E-state index < -0.39 is 17.7 Å². The lowest BCUT2D eigenvalue weighted by molar-refractivity contribution is -0.150. The molecule has 0 saturated carbocycles. The SMILES string of the molecule is C=C/C(=C\C1=COCO1)CP.CC.CC.CC.CC.CCN(CC(=O)OCC(C)CCCCP)C(=O)CC(C)NC(C)Cc1cccc(C(F)(F)F)c1. The van der Waals surface area contributed by atoms with Gasteiger partial charge in [-0.15, -0.1) is 18.5 Å². The summed E-state index contributed by atoms with van der Waals surface area (Å²) in [6.07, 6.45) is 6.70. The van der Waals surface area contributed by atoms with Crippen molar-refractivity contribution >= 4 is 30.4 Å². The number of halogens is 3. The van der Waals surface area contributed by atoms with E-state index in [1.54, 1.807) is 18.4 Å². The molecule has 0 saturated heterocycles. The molecule has 1 aromatic rings. The van der Waals surface area contributed by atoms with Crippen molar-refractivity contribution in [2.45, 2.75) is 133 Å². The molecule has 0 aliphatic carbocycles. The fourth-order valence-electron chi connectivity index (χ4n) is 4.47. The van der Waals surface area contributed by atoms with Crippen molar-refractivity contribution in [3.63, 3.8) is 0 Å². The van der Waals surface area contributed by atoms with Crippen LogP contribution in [0.1, 0.15) is 120 Å². The monoisotopic (exact) mass is 795 g/mol. The molecule has 1 heterocycles. The first-order valence-electron chi connectivity index (χ1n) is 19.4. The Bertz CT molecular complexity index is 1120. The predicted molar refractivity (Wildman–Crippen MR) is 226 cm³/mol. The normalized spacial score (nSPS) is 13.2. The Morgan fingerprint density at radius 3 is 2.13 bits per heavy atom. The third kappa shape index (κ3) is 30.6. The maximum atomic E-state index is 12.9. The Balaban J connectivity index is -0.000000522. The minimum Gasteiger partial charge on any atom is -0.464 e. The molecule has 7 nitrogen and oxygen atoms in total. The van der Waals surface area contributed by atoms with Crippen LogP contribution in [0.3, 0.4) is 0 Å². The van der Waals surface area contributed by atoms with Gasteiger partial charge in [-0.2, -0.15) is 13.2 Å². The van der Waals surface area contributed by atoms with E-state index in [4.69, 9.17) is 14.2 Å². The highest BCUT2D eigenvalue weighted by Crippen LogP contribution is 2.29. The summed E-state index contributed by atoms with van der Waals surface area (Å²) in [6, 6.07) is 4.95. The second kappa shape index (κ2) is 37.9. The van der Waals surface area contributed by atoms with Crippen LogP contribution in [0, 0.1) is 5.92 Å². The van der Waals surface area contributed by atoms with Crippen LogP contribution >= 0.6 is 18.5 Å². The zero-order chi connectivity index (χ0) is 41.8. The number of alkyl halides is 3. The van der Waals surface area contributed by atoms with E-state index in [9.17, 15) is 22.8 Å². The number of likely N-dealkylation sites (N-methyl/N-ethyl adjacent to an activating group) is 1. The van der Waals surface area contributed by atoms with Gasteiger partial charge in [0.05, 0.1) is 12.2 Å². The van der Waals surface area contributed by atoms with Crippen LogP contribution in [0.4, 0.5) is 13.2 Å². The van der Waals surface area contributed by atoms with Gasteiger partial charge >= 0.3 is 12.1 Å². The van der Waals surface area contributed by atoms with Crippen molar-refractivity contribution < 1.29 is 37.0 Å². The first-order chi connectivity index (χ1) is 25.3. The number of carbonyl (C=O) groups excluding carboxylic acids is 2. The summed E-state index contributed by atoms with van der Waals surface area (Å²) in [5.74, 6) is 0.474. The standard InChI is InChI=1S/C25H40F3N2O3P.C8H11O2P.4C2H6/c1-5-30(16-24(32)33-17-18(2)9-6-7-12-34)23(31)14-20(4)29-19(3)13-21-10-8-11-22(15-21)25(26,27)28;1-2-7(5-11)3-8-4-9-6-10-8;4*1-2/h8,10-11,15,18-20,29H,5-7,9,12-14,16-17,34H2,1-4H3;2-4H,1,5-6,11H2;4*1-2H3/b;7-3+;;;;. The van der Waals surface area contributed by atoms with Gasteiger partial charge in [-0.1, -0.05) is 99.6 Å². The molecule has 1 aromatic carbocycles. The Kier molecular flexibility index (Phi) is 41.0. The Hall–Kier alpha value is -2.41. The Morgan fingerprint density at radius 2 is 1.64 bits per heavy atom. The number of hydrogen-bond donors (Lipinski definition) is 1. The van der Waals surface area contributed by atoms with Crippen molar-refractivity contribution in [2.75, 3.05) is 38.8 Å². The lowest BCUT2D eigenvalue weighted by Crippen LogP contribution is -2.42. The topological polar surface area (TPSA) is 77.1 Å². The molecule has 0 aromatic heterocycles. The van der Waals surface area contributed by atoms with Gasteiger partial charge in [0, 0.05) is 25.0 Å². The van der Waals surface area contributed by atoms with Crippen molar-refractivity contribution in [1.82, 2.24) is 10.2 Å². The van der Waals surface area contributed by atoms with Gasteiger partial charge in [-0.05, 0) is 81.6 Å². The summed E-state index contributed by atoms with van der Waals surface area (Å²) in [7, 11) is 5.33. The Morgan fingerprint density at radius 1 is 1.02 bits per heavy atom. The molecule has 53 heavy (non-hydrogen) atoms. The molecule has 5 unspecified atom stereocenters. The van der Waals surface area contributed by atoms with Gasteiger partial charge in [-0.25, -0.2) is 0 Å². The highest BCUT2D eigenvalue weighted by molar-refractivity contribution is 7.16. The highest BCUT2D eigenvalue weighted by Gasteiger charge is 2.30. The number of carbonyl (C=O) groups is 2. The van der Waals surface area contributed by atoms with Crippen LogP contribution < -0.4 is 5.32 Å². The van der Waals surface area contributed by atoms with Crippen LogP contribution in [0.5, 0.6) is 0 Å². The number of allylic oxidation sites excluding steroid dienone is 3. The summed E-state index contributed by atoms with van der Waals surface area (Å²) in [5.41, 5.74) is 1.03. The smallest absolute Gasteiger partial charge is 0.416 e. The number of unbranched alkanes of at least 4 members (excludes halogenated alkanes) is 1. The number of ether oxygens (including phenoxy) is 3. The van der Waals surface area contributed by atoms with Gasteiger partial charge < -0.3 is 24.4 Å². The predicted octanol–water partition coefficient (Wildman–Crippen LogP) is 11.0. The van der Waals surface area contributed by atoms with Gasteiger partial charge in [0.25, 0.3) is 0 Å². The van der Waals surface area contributed by atoms with Crippen LogP contribution in [0.2, 0.25) is 0 Å². The van der Waals surface area contributed by atoms with E-state index in [1.807, 2.05) is 89.2 Å². The van der Waals surface area contributed by atoms with Crippen molar-refractivity contribution in [3.05, 3.63) is 71.7 Å². The number of nitrogens with zero attached hydrogens (tertiary/aromatic N) is 1. The molecule has 1 amide bonds. The summed E-state index contributed by atoms with van der Waals surface area (Å²) in [4.78, 5) is 26.3. The maximum Gasteiger partial charge on any atom is 0.416 e. The molecule has 0 radical (unpaired) electrons. The van der Waals surface area contributed by atoms with Crippen molar-refractivity contribution in [3.8, 4) is 0 Å². The van der Waals surface area contributed by atoms with E-state index in [0.29, 0.717) is 31.9 Å². The van der Waals surface area contributed by atoms with Crippen LogP contribution in [0.25, 0.3) is 0 Å². The average Bonchev–Trinajstić information content (AvgIpc) is 3.68. The molecule has 0 bridgehead atoms. The first kappa shape index (κ1) is 57.3. The summed E-state index contributed by atoms with van der Waals surface area (Å²) >= 11 is 0. The minimum atomic E-state index is -4.37. The number of esters is 1. The zero-order valence-electron chi connectivity index (χ0n) is 35.0. The molecular weight excluding hydrogens is 719 g/mol. The minimum absolute atomic E-state index is 0.0832. The molecule has 12 heteroatoms. The molecule has 5 atom stereocenters. The van der Waals surface area contributed by atoms with Gasteiger partial charge in [0.15, 0.2) is 5.76 Å². The fourth-order valence-corrected chi connectivity index (χ4v) is 5.04. The number of rotatable bonds is 18. The molecule has 0 spiro atoms. The van der Waals surface area contributed by atoms with E-state index in [2.05, 4.69) is 30.4 Å². The van der Waals surface area contributed by atoms with Gasteiger partial charge in [0.2, 0.25) is 12.7 Å². The Labute approximate surface area is 326 Å². The molecule has 1 N–H and O–H groups in total. The van der Waals surface area contributed by atoms with E-state index >= 15 is 0 Å². The summed E-state index contributed by atoms with van der Waals surface area (Å²) in [6.45, 7) is 28.2. The lowest BCUT2D eigenvalue weighted by atomic mass is 10.0. The number of benzene rings is 1. The van der Waals surface area contributed by atoms with Gasteiger partial charge in [-0.3, -0.25) is 9.59 Å². The number of nitrogens with one attached hydrogen (secondary N) is 1. The molecule has 310 valence electrons. The van der Waals surface area contributed by atoms with E-state index in [1.165, 1.54) is 11.0 Å². The van der Waals surface area contributed by atoms with Crippen LogP contribution in [-0.4, -0.2) is 67.7 Å². The second-order valence-electron chi connectivity index (χ2n) is 11.1. The fraction of sp³-hybridized carbons (Fsp3) is 0.659. The zero-order valence-corrected chi connectivity index (χ0v) is 37.3. The van der Waals surface area contributed by atoms with Gasteiger partial charge in [0.1, 0.15) is 12.8 Å². The first-order valence-corrected chi connectivity index (χ1v) is 21.0.